The van der Waals surface area contributed by atoms with Crippen LogP contribution < -0.4 is 15.4 Å². The molecule has 0 fully saturated rings. The number of para-hydroxylation sites is 2. The van der Waals surface area contributed by atoms with E-state index >= 15 is 0 Å². The van der Waals surface area contributed by atoms with E-state index in [0.717, 1.165) is 31.6 Å². The first kappa shape index (κ1) is 25.2. The molecular formula is C25H35N3O4. The number of hydrogen-bond acceptors (Lipinski definition) is 5. The molecule has 2 aromatic carbocycles. The van der Waals surface area contributed by atoms with Crippen LogP contribution in [-0.4, -0.2) is 56.2 Å². The number of carbonyl (C=O) groups is 2. The van der Waals surface area contributed by atoms with Crippen LogP contribution in [0.2, 0.25) is 0 Å². The lowest BCUT2D eigenvalue weighted by molar-refractivity contribution is -0.114. The molecule has 0 radical (unpaired) electrons. The van der Waals surface area contributed by atoms with Crippen LogP contribution in [0.25, 0.3) is 0 Å². The first-order valence-electron chi connectivity index (χ1n) is 11.3. The van der Waals surface area contributed by atoms with Crippen LogP contribution in [-0.2, 0) is 9.53 Å². The molecule has 2 rings (SSSR count). The van der Waals surface area contributed by atoms with Crippen molar-refractivity contribution in [3.63, 3.8) is 0 Å². The summed E-state index contributed by atoms with van der Waals surface area (Å²) < 4.78 is 11.0. The van der Waals surface area contributed by atoms with Crippen molar-refractivity contribution < 1.29 is 19.1 Å². The van der Waals surface area contributed by atoms with Gasteiger partial charge in [-0.3, -0.25) is 9.59 Å². The molecule has 0 aliphatic heterocycles. The SMILES string of the molecule is CCCN(CCC)C(=O)c1ccc(NC(=O)CNc2ccccc2OCCOCC)cc1. The number of hydrogen-bond donors (Lipinski definition) is 2. The van der Waals surface area contributed by atoms with Gasteiger partial charge in [0.2, 0.25) is 5.91 Å². The molecule has 2 aromatic rings. The van der Waals surface area contributed by atoms with Gasteiger partial charge in [0.1, 0.15) is 12.4 Å². The second kappa shape index (κ2) is 14.1. The largest absolute Gasteiger partial charge is 0.489 e. The maximum Gasteiger partial charge on any atom is 0.253 e. The smallest absolute Gasteiger partial charge is 0.253 e. The number of nitrogens with one attached hydrogen (secondary N) is 2. The number of ether oxygens (including phenoxy) is 2. The predicted octanol–water partition coefficient (Wildman–Crippen LogP) is 4.41. The third kappa shape index (κ3) is 8.23. The van der Waals surface area contributed by atoms with Crippen LogP contribution in [0, 0.1) is 0 Å². The van der Waals surface area contributed by atoms with E-state index in [1.54, 1.807) is 24.3 Å². The Kier molecular flexibility index (Phi) is 11.1. The molecule has 7 nitrogen and oxygen atoms in total. The highest BCUT2D eigenvalue weighted by atomic mass is 16.5. The Hall–Kier alpha value is -3.06. The second-order valence-electron chi connectivity index (χ2n) is 7.31. The fourth-order valence-electron chi connectivity index (χ4n) is 3.21. The Morgan fingerprint density at radius 1 is 0.906 bits per heavy atom. The van der Waals surface area contributed by atoms with Crippen molar-refractivity contribution in [1.29, 1.82) is 0 Å². The van der Waals surface area contributed by atoms with E-state index in [1.165, 1.54) is 0 Å². The topological polar surface area (TPSA) is 79.9 Å². The van der Waals surface area contributed by atoms with E-state index in [-0.39, 0.29) is 18.4 Å². The highest BCUT2D eigenvalue weighted by Gasteiger charge is 2.14. The molecule has 32 heavy (non-hydrogen) atoms. The van der Waals surface area contributed by atoms with E-state index < -0.39 is 0 Å². The Morgan fingerprint density at radius 2 is 1.59 bits per heavy atom. The average Bonchev–Trinajstić information content (AvgIpc) is 2.81. The highest BCUT2D eigenvalue weighted by Crippen LogP contribution is 2.23. The minimum Gasteiger partial charge on any atom is -0.489 e. The van der Waals surface area contributed by atoms with Crippen molar-refractivity contribution in [1.82, 2.24) is 4.90 Å². The van der Waals surface area contributed by atoms with Crippen molar-refractivity contribution in [3.8, 4) is 5.75 Å². The number of nitrogens with zero attached hydrogens (tertiary/aromatic N) is 1. The number of benzene rings is 2. The first-order chi connectivity index (χ1) is 15.6. The molecule has 0 saturated heterocycles. The van der Waals surface area contributed by atoms with Crippen LogP contribution in [0.5, 0.6) is 5.75 Å². The molecule has 2 amide bonds. The molecular weight excluding hydrogens is 406 g/mol. The second-order valence-corrected chi connectivity index (χ2v) is 7.31. The minimum absolute atomic E-state index is 0.0224. The summed E-state index contributed by atoms with van der Waals surface area (Å²) in [7, 11) is 0. The van der Waals surface area contributed by atoms with Crippen molar-refractivity contribution in [2.24, 2.45) is 0 Å². The third-order valence-electron chi connectivity index (χ3n) is 4.71. The number of rotatable bonds is 14. The lowest BCUT2D eigenvalue weighted by Gasteiger charge is -2.21. The molecule has 0 heterocycles. The molecule has 2 N–H and O–H groups in total. The van der Waals surface area contributed by atoms with Gasteiger partial charge < -0.3 is 25.0 Å². The van der Waals surface area contributed by atoms with Crippen molar-refractivity contribution in [2.75, 3.05) is 50.1 Å². The van der Waals surface area contributed by atoms with Crippen LogP contribution in [0.4, 0.5) is 11.4 Å². The van der Waals surface area contributed by atoms with Gasteiger partial charge in [-0.05, 0) is 56.2 Å². The van der Waals surface area contributed by atoms with E-state index in [4.69, 9.17) is 9.47 Å². The zero-order valence-corrected chi connectivity index (χ0v) is 19.4. The average molecular weight is 442 g/mol. The van der Waals surface area contributed by atoms with Gasteiger partial charge in [0.05, 0.1) is 18.8 Å². The summed E-state index contributed by atoms with van der Waals surface area (Å²) in [6.45, 7) is 9.24. The van der Waals surface area contributed by atoms with Gasteiger partial charge in [-0.1, -0.05) is 26.0 Å². The summed E-state index contributed by atoms with van der Waals surface area (Å²) in [6.07, 6.45) is 1.85. The minimum atomic E-state index is -0.188. The first-order valence-corrected chi connectivity index (χ1v) is 11.3. The summed E-state index contributed by atoms with van der Waals surface area (Å²) in [5.74, 6) is 0.507. The van der Waals surface area contributed by atoms with Gasteiger partial charge in [-0.2, -0.15) is 0 Å². The van der Waals surface area contributed by atoms with Gasteiger partial charge in [0.15, 0.2) is 0 Å². The Balaban J connectivity index is 1.88. The maximum atomic E-state index is 12.7. The molecule has 174 valence electrons. The van der Waals surface area contributed by atoms with Crippen LogP contribution in [0.1, 0.15) is 44.0 Å². The Bertz CT molecular complexity index is 833. The van der Waals surface area contributed by atoms with E-state index in [1.807, 2.05) is 36.1 Å². The molecule has 0 unspecified atom stereocenters. The van der Waals surface area contributed by atoms with E-state index in [9.17, 15) is 9.59 Å². The summed E-state index contributed by atoms with van der Waals surface area (Å²) in [5.41, 5.74) is 2.01. The van der Waals surface area contributed by atoms with E-state index in [0.29, 0.717) is 36.8 Å². The summed E-state index contributed by atoms with van der Waals surface area (Å²) >= 11 is 0. The van der Waals surface area contributed by atoms with Crippen molar-refractivity contribution in [2.45, 2.75) is 33.6 Å². The van der Waals surface area contributed by atoms with Gasteiger partial charge in [0, 0.05) is 30.9 Å². The Labute approximate surface area is 191 Å². The van der Waals surface area contributed by atoms with Crippen molar-refractivity contribution in [3.05, 3.63) is 54.1 Å². The number of carbonyl (C=O) groups excluding carboxylic acids is 2. The fraction of sp³-hybridized carbons (Fsp3) is 0.440. The number of amides is 2. The monoisotopic (exact) mass is 441 g/mol. The highest BCUT2D eigenvalue weighted by molar-refractivity contribution is 5.96. The molecule has 0 aliphatic carbocycles. The Morgan fingerprint density at radius 3 is 2.25 bits per heavy atom. The molecule has 0 atom stereocenters. The molecule has 7 heteroatoms. The van der Waals surface area contributed by atoms with E-state index in [2.05, 4.69) is 24.5 Å². The molecule has 0 bridgehead atoms. The van der Waals surface area contributed by atoms with Crippen LogP contribution >= 0.6 is 0 Å². The van der Waals surface area contributed by atoms with Gasteiger partial charge in [0.25, 0.3) is 5.91 Å². The number of anilines is 2. The normalized spacial score (nSPS) is 10.5. The van der Waals surface area contributed by atoms with Crippen LogP contribution in [0.15, 0.2) is 48.5 Å². The quantitative estimate of drug-likeness (QED) is 0.425. The molecule has 0 aliphatic rings. The lowest BCUT2D eigenvalue weighted by Crippen LogP contribution is -2.32. The maximum absolute atomic E-state index is 12.7. The summed E-state index contributed by atoms with van der Waals surface area (Å²) in [6, 6.07) is 14.5. The summed E-state index contributed by atoms with van der Waals surface area (Å²) in [4.78, 5) is 26.9. The molecule has 0 aromatic heterocycles. The molecule has 0 spiro atoms. The van der Waals surface area contributed by atoms with Crippen LogP contribution in [0.3, 0.4) is 0 Å². The zero-order valence-electron chi connectivity index (χ0n) is 19.4. The molecule has 0 saturated carbocycles. The van der Waals surface area contributed by atoms with Gasteiger partial charge in [-0.25, -0.2) is 0 Å². The van der Waals surface area contributed by atoms with Gasteiger partial charge in [-0.15, -0.1) is 0 Å². The predicted molar refractivity (Wildman–Crippen MR) is 128 cm³/mol. The van der Waals surface area contributed by atoms with Crippen molar-refractivity contribution >= 4 is 23.2 Å². The van der Waals surface area contributed by atoms with Gasteiger partial charge >= 0.3 is 0 Å². The zero-order chi connectivity index (χ0) is 23.2. The standard InChI is InChI=1S/C25H35N3O4/c1-4-15-28(16-5-2)25(30)20-11-13-21(14-12-20)27-24(29)19-26-22-9-7-8-10-23(22)32-18-17-31-6-3/h7-14,26H,4-6,15-19H2,1-3H3,(H,27,29). The lowest BCUT2D eigenvalue weighted by atomic mass is 10.1. The summed E-state index contributed by atoms with van der Waals surface area (Å²) in [5, 5.41) is 5.96. The third-order valence-corrected chi connectivity index (χ3v) is 4.71. The fourth-order valence-corrected chi connectivity index (χ4v) is 3.21.